The summed E-state index contributed by atoms with van der Waals surface area (Å²) in [7, 11) is 0. The van der Waals surface area contributed by atoms with Crippen LogP contribution in [0.5, 0.6) is 0 Å². The summed E-state index contributed by atoms with van der Waals surface area (Å²) in [5.41, 5.74) is 5.58. The van der Waals surface area contributed by atoms with Gasteiger partial charge in [-0.15, -0.1) is 0 Å². The van der Waals surface area contributed by atoms with Gasteiger partial charge >= 0.3 is 0 Å². The summed E-state index contributed by atoms with van der Waals surface area (Å²) in [4.78, 5) is 2.33. The fraction of sp³-hybridized carbons (Fsp3) is 1.00. The van der Waals surface area contributed by atoms with Gasteiger partial charge in [-0.3, -0.25) is 4.90 Å². The van der Waals surface area contributed by atoms with Crippen LogP contribution in [-0.2, 0) is 0 Å². The molecule has 0 aromatic carbocycles. The van der Waals surface area contributed by atoms with Gasteiger partial charge in [0.15, 0.2) is 0 Å². The Bertz CT molecular complexity index is 66.0. The van der Waals surface area contributed by atoms with Crippen molar-refractivity contribution in [3.63, 3.8) is 0 Å². The van der Waals surface area contributed by atoms with Crippen LogP contribution in [0.25, 0.3) is 0 Å². The first-order valence-corrected chi connectivity index (χ1v) is 4.77. The number of hydrogen-bond acceptors (Lipinski definition) is 2. The van der Waals surface area contributed by atoms with Gasteiger partial charge in [0.1, 0.15) is 0 Å². The van der Waals surface area contributed by atoms with Gasteiger partial charge in [-0.05, 0) is 25.9 Å². The van der Waals surface area contributed by atoms with Crippen LogP contribution in [0.4, 0.5) is 0 Å². The smallest absolute Gasteiger partial charge is 0.0455 e. The molecule has 2 N–H and O–H groups in total. The van der Waals surface area contributed by atoms with Gasteiger partial charge in [-0.25, -0.2) is 0 Å². The van der Waals surface area contributed by atoms with Gasteiger partial charge < -0.3 is 5.73 Å². The molecule has 2 nitrogen and oxygen atoms in total. The van der Waals surface area contributed by atoms with Crippen LogP contribution in [0, 0.1) is 0 Å². The maximum absolute atomic E-state index is 5.58. The highest BCUT2D eigenvalue weighted by molar-refractivity contribution is 4.53. The summed E-state index contributed by atoms with van der Waals surface area (Å²) in [6.07, 6.45) is 5.09. The second-order valence-corrected chi connectivity index (χ2v) is 3.01. The zero-order chi connectivity index (χ0) is 8.53. The summed E-state index contributed by atoms with van der Waals surface area (Å²) in [6, 6.07) is 0. The van der Waals surface area contributed by atoms with E-state index < -0.39 is 0 Å². The van der Waals surface area contributed by atoms with E-state index in [4.69, 9.17) is 5.73 Å². The van der Waals surface area contributed by atoms with E-state index in [9.17, 15) is 0 Å². The molecule has 0 aromatic heterocycles. The molecule has 0 rings (SSSR count). The van der Waals surface area contributed by atoms with E-state index in [2.05, 4.69) is 18.7 Å². The Morgan fingerprint density at radius 1 is 1.00 bits per heavy atom. The zero-order valence-corrected chi connectivity index (χ0v) is 7.97. The van der Waals surface area contributed by atoms with E-state index in [1.54, 1.807) is 0 Å². The number of unbranched alkanes of at least 4 members (excludes halogenated alkanes) is 2. The van der Waals surface area contributed by atoms with Crippen molar-refractivity contribution in [1.29, 1.82) is 0 Å². The minimum atomic E-state index is 0.722. The topological polar surface area (TPSA) is 29.3 Å². The molecule has 0 saturated heterocycles. The third-order valence-corrected chi connectivity index (χ3v) is 1.91. The summed E-state index contributed by atoms with van der Waals surface area (Å²) < 4.78 is 0. The first-order chi connectivity index (χ1) is 5.35. The molecule has 0 aliphatic carbocycles. The Morgan fingerprint density at radius 2 is 1.45 bits per heavy atom. The van der Waals surface area contributed by atoms with E-state index >= 15 is 0 Å². The Morgan fingerprint density at radius 3 is 1.73 bits per heavy atom. The highest BCUT2D eigenvalue weighted by Crippen LogP contribution is 1.96. The molecule has 0 aliphatic rings. The molecule has 0 bridgehead atoms. The molecular formula is C9H22N2. The normalized spacial score (nSPS) is 10.9. The molecule has 0 amide bonds. The van der Waals surface area contributed by atoms with Crippen LogP contribution in [0.3, 0.4) is 0 Å². The standard InChI is InChI=1S/C9H22N2/c1-3-5-7-11(9-10)8-6-4-2/h3-10H2,1-2H3. The molecule has 0 aliphatic heterocycles. The molecule has 0 atom stereocenters. The van der Waals surface area contributed by atoms with Crippen molar-refractivity contribution in [2.75, 3.05) is 19.8 Å². The van der Waals surface area contributed by atoms with Crippen LogP contribution < -0.4 is 5.73 Å². The molecule has 0 spiro atoms. The number of hydrogen-bond donors (Lipinski definition) is 1. The van der Waals surface area contributed by atoms with E-state index in [0.717, 1.165) is 6.67 Å². The summed E-state index contributed by atoms with van der Waals surface area (Å²) in [6.45, 7) is 7.50. The van der Waals surface area contributed by atoms with Crippen molar-refractivity contribution >= 4 is 0 Å². The zero-order valence-electron chi connectivity index (χ0n) is 7.97. The van der Waals surface area contributed by atoms with E-state index in [0.29, 0.717) is 0 Å². The van der Waals surface area contributed by atoms with Gasteiger partial charge in [0.25, 0.3) is 0 Å². The highest BCUT2D eigenvalue weighted by Gasteiger charge is 1.98. The van der Waals surface area contributed by atoms with Crippen LogP contribution in [-0.4, -0.2) is 24.7 Å². The number of nitrogens with two attached hydrogens (primary N) is 1. The fourth-order valence-electron chi connectivity index (χ4n) is 1.06. The molecule has 11 heavy (non-hydrogen) atoms. The van der Waals surface area contributed by atoms with Crippen molar-refractivity contribution in [2.45, 2.75) is 39.5 Å². The van der Waals surface area contributed by atoms with Crippen molar-refractivity contribution in [3.8, 4) is 0 Å². The maximum Gasteiger partial charge on any atom is 0.0455 e. The van der Waals surface area contributed by atoms with E-state index in [1.807, 2.05) is 0 Å². The average Bonchev–Trinajstić information content (AvgIpc) is 2.05. The molecule has 68 valence electrons. The lowest BCUT2D eigenvalue weighted by Gasteiger charge is -2.18. The van der Waals surface area contributed by atoms with Crippen LogP contribution in [0.1, 0.15) is 39.5 Å². The molecule has 0 radical (unpaired) electrons. The third kappa shape index (κ3) is 6.32. The lowest BCUT2D eigenvalue weighted by atomic mass is 10.3. The van der Waals surface area contributed by atoms with Crippen molar-refractivity contribution in [1.82, 2.24) is 4.90 Å². The monoisotopic (exact) mass is 158 g/mol. The Hall–Kier alpha value is -0.0800. The second-order valence-electron chi connectivity index (χ2n) is 3.01. The summed E-state index contributed by atoms with van der Waals surface area (Å²) in [5, 5.41) is 0. The number of rotatable bonds is 7. The van der Waals surface area contributed by atoms with Crippen LogP contribution in [0.15, 0.2) is 0 Å². The summed E-state index contributed by atoms with van der Waals surface area (Å²) in [5.74, 6) is 0. The minimum absolute atomic E-state index is 0.722. The Kier molecular flexibility index (Phi) is 7.96. The predicted octanol–water partition coefficient (Wildman–Crippen LogP) is 1.80. The largest absolute Gasteiger partial charge is 0.318 e. The first-order valence-electron chi connectivity index (χ1n) is 4.77. The molecule has 0 aromatic rings. The van der Waals surface area contributed by atoms with Crippen LogP contribution >= 0.6 is 0 Å². The number of nitrogens with zero attached hydrogens (tertiary/aromatic N) is 1. The molecule has 0 heterocycles. The molecular weight excluding hydrogens is 136 g/mol. The van der Waals surface area contributed by atoms with Gasteiger partial charge in [0.05, 0.1) is 0 Å². The van der Waals surface area contributed by atoms with E-state index in [-0.39, 0.29) is 0 Å². The van der Waals surface area contributed by atoms with Gasteiger partial charge in [0, 0.05) is 6.67 Å². The molecule has 0 fully saturated rings. The maximum atomic E-state index is 5.58. The van der Waals surface area contributed by atoms with Gasteiger partial charge in [-0.1, -0.05) is 26.7 Å². The average molecular weight is 158 g/mol. The quantitative estimate of drug-likeness (QED) is 0.572. The van der Waals surface area contributed by atoms with E-state index in [1.165, 1.54) is 38.8 Å². The van der Waals surface area contributed by atoms with Gasteiger partial charge in [-0.2, -0.15) is 0 Å². The SMILES string of the molecule is CCCCN(CN)CCCC. The van der Waals surface area contributed by atoms with Crippen molar-refractivity contribution in [2.24, 2.45) is 5.73 Å². The molecule has 2 heteroatoms. The highest BCUT2D eigenvalue weighted by atomic mass is 15.2. The minimum Gasteiger partial charge on any atom is -0.318 e. The van der Waals surface area contributed by atoms with Gasteiger partial charge in [0.2, 0.25) is 0 Å². The summed E-state index contributed by atoms with van der Waals surface area (Å²) >= 11 is 0. The second kappa shape index (κ2) is 8.02. The molecule has 0 unspecified atom stereocenters. The lowest BCUT2D eigenvalue weighted by Crippen LogP contribution is -2.31. The first kappa shape index (κ1) is 10.9. The van der Waals surface area contributed by atoms with Crippen molar-refractivity contribution in [3.05, 3.63) is 0 Å². The molecule has 0 saturated carbocycles. The van der Waals surface area contributed by atoms with Crippen LogP contribution in [0.2, 0.25) is 0 Å². The fourth-order valence-corrected chi connectivity index (χ4v) is 1.06. The van der Waals surface area contributed by atoms with Crippen molar-refractivity contribution < 1.29 is 0 Å². The predicted molar refractivity (Wildman–Crippen MR) is 50.4 cm³/mol. The Balaban J connectivity index is 3.25. The third-order valence-electron chi connectivity index (χ3n) is 1.91. The lowest BCUT2D eigenvalue weighted by molar-refractivity contribution is 0.273. The Labute approximate surface area is 70.8 Å².